The van der Waals surface area contributed by atoms with Gasteiger partial charge in [-0.05, 0) is 54.3 Å². The molecule has 1 aliphatic carbocycles. The first-order valence-electron chi connectivity index (χ1n) is 6.40. The molecule has 1 aliphatic rings. The molecule has 1 aromatic carbocycles. The van der Waals surface area contributed by atoms with Crippen LogP contribution in [0.5, 0.6) is 0 Å². The summed E-state index contributed by atoms with van der Waals surface area (Å²) in [6.45, 7) is 0. The van der Waals surface area contributed by atoms with Crippen molar-refractivity contribution in [3.05, 3.63) is 37.4 Å². The molecule has 1 aromatic rings. The second kappa shape index (κ2) is 6.49. The Labute approximate surface area is 129 Å². The van der Waals surface area contributed by atoms with Crippen LogP contribution in [0.1, 0.15) is 36.0 Å². The van der Waals surface area contributed by atoms with Gasteiger partial charge in [-0.1, -0.05) is 0 Å². The molecule has 0 aliphatic heterocycles. The van der Waals surface area contributed by atoms with E-state index in [9.17, 15) is 20.0 Å². The molecule has 1 amide bonds. The molecule has 0 radical (unpaired) electrons. The average Bonchev–Trinajstić information content (AvgIpc) is 2.41. The van der Waals surface area contributed by atoms with Crippen LogP contribution in [0.3, 0.4) is 0 Å². The number of nitrogens with one attached hydrogen (secondary N) is 1. The molecular weight excluding hydrogens is 375 g/mol. The summed E-state index contributed by atoms with van der Waals surface area (Å²) in [5.74, 6) is -0.292. The highest BCUT2D eigenvalue weighted by Gasteiger charge is 2.23. The first kappa shape index (κ1) is 15.2. The van der Waals surface area contributed by atoms with Crippen molar-refractivity contribution in [1.82, 2.24) is 5.32 Å². The minimum atomic E-state index is -0.510. The van der Waals surface area contributed by atoms with Gasteiger partial charge >= 0.3 is 0 Å². The number of halogens is 1. The Morgan fingerprint density at radius 3 is 2.60 bits per heavy atom. The van der Waals surface area contributed by atoms with Crippen LogP contribution >= 0.6 is 22.6 Å². The molecule has 0 aromatic heterocycles. The predicted octanol–water partition coefficient (Wildman–Crippen LogP) is 2.23. The molecule has 6 nitrogen and oxygen atoms in total. The van der Waals surface area contributed by atoms with Crippen molar-refractivity contribution in [3.63, 3.8) is 0 Å². The van der Waals surface area contributed by atoms with Gasteiger partial charge < -0.3 is 10.4 Å². The van der Waals surface area contributed by atoms with E-state index in [0.717, 1.165) is 12.8 Å². The number of aliphatic hydroxyl groups excluding tert-OH is 1. The lowest BCUT2D eigenvalue weighted by molar-refractivity contribution is -0.384. The topological polar surface area (TPSA) is 92.5 Å². The molecule has 0 bridgehead atoms. The Morgan fingerprint density at radius 2 is 2.00 bits per heavy atom. The van der Waals surface area contributed by atoms with E-state index in [4.69, 9.17) is 0 Å². The van der Waals surface area contributed by atoms with Crippen LogP contribution in [0, 0.1) is 13.7 Å². The number of hydrogen-bond donors (Lipinski definition) is 2. The molecule has 1 saturated carbocycles. The molecule has 2 N–H and O–H groups in total. The summed E-state index contributed by atoms with van der Waals surface area (Å²) in [6.07, 6.45) is 2.55. The second-order valence-corrected chi connectivity index (χ2v) is 6.06. The Bertz CT molecular complexity index is 527. The van der Waals surface area contributed by atoms with Crippen LogP contribution in [0.4, 0.5) is 5.69 Å². The first-order chi connectivity index (χ1) is 9.47. The van der Waals surface area contributed by atoms with E-state index in [1.807, 2.05) is 22.6 Å². The highest BCUT2D eigenvalue weighted by molar-refractivity contribution is 14.1. The zero-order valence-electron chi connectivity index (χ0n) is 10.7. The summed E-state index contributed by atoms with van der Waals surface area (Å²) >= 11 is 1.99. The number of nitro benzene ring substituents is 1. The van der Waals surface area contributed by atoms with Gasteiger partial charge in [0.15, 0.2) is 0 Å². The van der Waals surface area contributed by atoms with Gasteiger partial charge in [0.1, 0.15) is 0 Å². The van der Waals surface area contributed by atoms with Crippen LogP contribution in [-0.4, -0.2) is 28.1 Å². The number of amides is 1. The minimum absolute atomic E-state index is 0.0287. The van der Waals surface area contributed by atoms with E-state index < -0.39 is 4.92 Å². The molecule has 0 unspecified atom stereocenters. The van der Waals surface area contributed by atoms with Crippen molar-refractivity contribution in [2.45, 2.75) is 37.8 Å². The van der Waals surface area contributed by atoms with E-state index in [1.54, 1.807) is 6.07 Å². The Morgan fingerprint density at radius 1 is 1.35 bits per heavy atom. The molecule has 0 spiro atoms. The van der Waals surface area contributed by atoms with Crippen molar-refractivity contribution in [2.75, 3.05) is 0 Å². The number of aliphatic hydroxyl groups is 1. The highest BCUT2D eigenvalue weighted by Crippen LogP contribution is 2.22. The zero-order valence-corrected chi connectivity index (χ0v) is 12.9. The number of rotatable bonds is 3. The smallest absolute Gasteiger partial charge is 0.270 e. The van der Waals surface area contributed by atoms with Gasteiger partial charge in [-0.2, -0.15) is 0 Å². The maximum absolute atomic E-state index is 12.2. The molecule has 0 atom stereocenters. The highest BCUT2D eigenvalue weighted by atomic mass is 127. The maximum Gasteiger partial charge on any atom is 0.270 e. The van der Waals surface area contributed by atoms with Crippen LogP contribution in [0.2, 0.25) is 0 Å². The summed E-state index contributed by atoms with van der Waals surface area (Å²) in [6, 6.07) is 4.28. The van der Waals surface area contributed by atoms with Crippen molar-refractivity contribution in [1.29, 1.82) is 0 Å². The Hall–Kier alpha value is -1.22. The maximum atomic E-state index is 12.2. The van der Waals surface area contributed by atoms with Crippen LogP contribution in [-0.2, 0) is 0 Å². The van der Waals surface area contributed by atoms with E-state index in [0.29, 0.717) is 22.0 Å². The summed E-state index contributed by atoms with van der Waals surface area (Å²) in [7, 11) is 0. The van der Waals surface area contributed by atoms with E-state index in [1.165, 1.54) is 12.1 Å². The lowest BCUT2D eigenvalue weighted by Crippen LogP contribution is -2.38. The number of carbonyl (C=O) groups is 1. The number of benzene rings is 1. The van der Waals surface area contributed by atoms with Gasteiger partial charge in [0.05, 0.1) is 16.6 Å². The molecule has 108 valence electrons. The molecule has 0 saturated heterocycles. The monoisotopic (exact) mass is 390 g/mol. The normalized spacial score (nSPS) is 22.3. The third-order valence-corrected chi connectivity index (χ3v) is 4.38. The van der Waals surface area contributed by atoms with E-state index >= 15 is 0 Å². The number of nitro groups is 1. The van der Waals surface area contributed by atoms with Gasteiger partial charge in [-0.15, -0.1) is 0 Å². The molecule has 7 heteroatoms. The van der Waals surface area contributed by atoms with Crippen molar-refractivity contribution in [2.24, 2.45) is 0 Å². The standard InChI is InChI=1S/C13H15IN2O4/c14-12-6-3-9(16(19)20)7-11(12)13(18)15-8-1-4-10(17)5-2-8/h3,6-8,10,17H,1-2,4-5H2,(H,15,18). The van der Waals surface area contributed by atoms with Crippen LogP contribution < -0.4 is 5.32 Å². The van der Waals surface area contributed by atoms with Gasteiger partial charge in [-0.3, -0.25) is 14.9 Å². The third-order valence-electron chi connectivity index (χ3n) is 3.44. The number of hydrogen-bond acceptors (Lipinski definition) is 4. The Balaban J connectivity index is 2.08. The molecule has 1 fully saturated rings. The average molecular weight is 390 g/mol. The minimum Gasteiger partial charge on any atom is -0.393 e. The van der Waals surface area contributed by atoms with Gasteiger partial charge in [0.2, 0.25) is 0 Å². The van der Waals surface area contributed by atoms with Crippen molar-refractivity contribution >= 4 is 34.2 Å². The third kappa shape index (κ3) is 3.66. The van der Waals surface area contributed by atoms with Crippen LogP contribution in [0.15, 0.2) is 18.2 Å². The Kier molecular flexibility index (Phi) is 4.92. The van der Waals surface area contributed by atoms with Gasteiger partial charge in [0.25, 0.3) is 11.6 Å². The summed E-state index contributed by atoms with van der Waals surface area (Å²) < 4.78 is 0.682. The molecule has 2 rings (SSSR count). The van der Waals surface area contributed by atoms with Gasteiger partial charge in [0, 0.05) is 21.7 Å². The molecule has 20 heavy (non-hydrogen) atoms. The van der Waals surface area contributed by atoms with E-state index in [2.05, 4.69) is 5.32 Å². The summed E-state index contributed by atoms with van der Waals surface area (Å²) in [5, 5.41) is 23.1. The van der Waals surface area contributed by atoms with E-state index in [-0.39, 0.29) is 23.7 Å². The lowest BCUT2D eigenvalue weighted by Gasteiger charge is -2.26. The number of non-ortho nitro benzene ring substituents is 1. The quantitative estimate of drug-likeness (QED) is 0.471. The van der Waals surface area contributed by atoms with Crippen LogP contribution in [0.25, 0.3) is 0 Å². The lowest BCUT2D eigenvalue weighted by atomic mass is 9.93. The van der Waals surface area contributed by atoms with Gasteiger partial charge in [-0.25, -0.2) is 0 Å². The largest absolute Gasteiger partial charge is 0.393 e. The second-order valence-electron chi connectivity index (χ2n) is 4.90. The van der Waals surface area contributed by atoms with Crippen molar-refractivity contribution in [3.8, 4) is 0 Å². The first-order valence-corrected chi connectivity index (χ1v) is 7.48. The summed E-state index contributed by atoms with van der Waals surface area (Å²) in [4.78, 5) is 22.4. The SMILES string of the molecule is O=C(NC1CCC(O)CC1)c1cc([N+](=O)[O-])ccc1I. The number of nitrogens with zero attached hydrogens (tertiary/aromatic N) is 1. The van der Waals surface area contributed by atoms with Crippen molar-refractivity contribution < 1.29 is 14.8 Å². The summed E-state index contributed by atoms with van der Waals surface area (Å²) in [5.41, 5.74) is 0.237. The fourth-order valence-electron chi connectivity index (χ4n) is 2.28. The zero-order chi connectivity index (χ0) is 14.7. The molecule has 0 heterocycles. The fraction of sp³-hybridized carbons (Fsp3) is 0.462. The molecular formula is C13H15IN2O4. The predicted molar refractivity (Wildman–Crippen MR) is 81.5 cm³/mol. The fourth-order valence-corrected chi connectivity index (χ4v) is 2.86. The number of carbonyl (C=O) groups excluding carboxylic acids is 1.